The molecule has 1 aromatic carbocycles. The van der Waals surface area contributed by atoms with Gasteiger partial charge in [0, 0.05) is 23.9 Å². The van der Waals surface area contributed by atoms with Crippen molar-refractivity contribution < 1.29 is 4.79 Å². The molecular formula is C18H16BrN5O2S. The maximum absolute atomic E-state index is 12.8. The number of anilines is 1. The van der Waals surface area contributed by atoms with Crippen molar-refractivity contribution in [2.45, 2.75) is 6.92 Å². The zero-order valence-corrected chi connectivity index (χ0v) is 17.0. The summed E-state index contributed by atoms with van der Waals surface area (Å²) in [4.78, 5) is 29.1. The summed E-state index contributed by atoms with van der Waals surface area (Å²) in [7, 11) is 1.78. The van der Waals surface area contributed by atoms with Gasteiger partial charge in [-0.25, -0.2) is 4.68 Å². The number of hydrogen-bond acceptors (Lipinski definition) is 4. The van der Waals surface area contributed by atoms with E-state index in [1.807, 2.05) is 30.3 Å². The number of thiocarbonyl (C=S) groups is 1. The Balaban J connectivity index is 1.83. The number of halogens is 1. The number of amides is 1. The number of nitrogens with one attached hydrogen (secondary N) is 2. The first kappa shape index (κ1) is 19.0. The van der Waals surface area contributed by atoms with Gasteiger partial charge in [-0.1, -0.05) is 18.2 Å². The summed E-state index contributed by atoms with van der Waals surface area (Å²) < 4.78 is 3.93. The van der Waals surface area contributed by atoms with E-state index in [4.69, 9.17) is 12.2 Å². The smallest absolute Gasteiger partial charge is 0.295 e. The predicted octanol–water partition coefficient (Wildman–Crippen LogP) is 2.77. The van der Waals surface area contributed by atoms with E-state index in [9.17, 15) is 9.59 Å². The van der Waals surface area contributed by atoms with Gasteiger partial charge >= 0.3 is 0 Å². The molecule has 0 saturated heterocycles. The second-order valence-electron chi connectivity index (χ2n) is 5.74. The number of pyridine rings is 1. The number of carbonyl (C=O) groups excluding carboxylic acids is 1. The normalized spacial score (nSPS) is 10.5. The van der Waals surface area contributed by atoms with E-state index in [0.29, 0.717) is 21.4 Å². The third-order valence-electron chi connectivity index (χ3n) is 3.99. The van der Waals surface area contributed by atoms with E-state index >= 15 is 0 Å². The molecule has 0 atom stereocenters. The van der Waals surface area contributed by atoms with E-state index in [1.165, 1.54) is 10.9 Å². The summed E-state index contributed by atoms with van der Waals surface area (Å²) in [5.41, 5.74) is 1.81. The molecular weight excluding hydrogens is 430 g/mol. The molecule has 0 aliphatic carbocycles. The molecule has 1 amide bonds. The molecule has 0 aliphatic heterocycles. The summed E-state index contributed by atoms with van der Waals surface area (Å²) >= 11 is 8.47. The van der Waals surface area contributed by atoms with Crippen molar-refractivity contribution in [2.24, 2.45) is 7.05 Å². The first-order valence-electron chi connectivity index (χ1n) is 7.95. The number of rotatable bonds is 3. The van der Waals surface area contributed by atoms with Gasteiger partial charge in [-0.2, -0.15) is 0 Å². The van der Waals surface area contributed by atoms with Crippen LogP contribution < -0.4 is 16.2 Å². The van der Waals surface area contributed by atoms with Gasteiger partial charge in [-0.3, -0.25) is 24.6 Å². The molecule has 2 aromatic heterocycles. The highest BCUT2D eigenvalue weighted by atomic mass is 79.9. The molecule has 3 aromatic rings. The first-order valence-corrected chi connectivity index (χ1v) is 9.15. The molecule has 2 heterocycles. The van der Waals surface area contributed by atoms with Crippen LogP contribution >= 0.6 is 28.1 Å². The molecule has 0 radical (unpaired) electrons. The average Bonchev–Trinajstić information content (AvgIpc) is 2.86. The number of para-hydroxylation sites is 1. The van der Waals surface area contributed by atoms with Gasteiger partial charge in [-0.15, -0.1) is 0 Å². The Morgan fingerprint density at radius 1 is 1.22 bits per heavy atom. The van der Waals surface area contributed by atoms with Gasteiger partial charge < -0.3 is 5.32 Å². The van der Waals surface area contributed by atoms with Crippen LogP contribution in [0.25, 0.3) is 5.69 Å². The predicted molar refractivity (Wildman–Crippen MR) is 111 cm³/mol. The molecule has 0 spiro atoms. The minimum atomic E-state index is -0.418. The van der Waals surface area contributed by atoms with Crippen LogP contribution in [-0.4, -0.2) is 25.4 Å². The van der Waals surface area contributed by atoms with Crippen molar-refractivity contribution in [3.05, 3.63) is 74.9 Å². The van der Waals surface area contributed by atoms with E-state index < -0.39 is 5.91 Å². The van der Waals surface area contributed by atoms with Crippen molar-refractivity contribution in [3.63, 3.8) is 0 Å². The Morgan fingerprint density at radius 2 is 1.93 bits per heavy atom. The summed E-state index contributed by atoms with van der Waals surface area (Å²) in [6.07, 6.45) is 3.01. The zero-order valence-electron chi connectivity index (χ0n) is 14.6. The van der Waals surface area contributed by atoms with Crippen molar-refractivity contribution in [3.8, 4) is 5.69 Å². The van der Waals surface area contributed by atoms with Crippen molar-refractivity contribution >= 4 is 44.9 Å². The van der Waals surface area contributed by atoms with Gasteiger partial charge in [0.1, 0.15) is 5.69 Å². The van der Waals surface area contributed by atoms with E-state index in [-0.39, 0.29) is 10.7 Å². The summed E-state index contributed by atoms with van der Waals surface area (Å²) in [6, 6.07) is 10.9. The van der Waals surface area contributed by atoms with Gasteiger partial charge in [0.2, 0.25) is 0 Å². The standard InChI is InChI=1S/C18H16BrN5O2S/c1-11-15(17(26)24(23(11)2)14-6-4-3-5-7-14)21-18(27)22-16(25)12-8-13(19)10-20-9-12/h3-10H,1-2H3,(H2,21,22,25,27). The highest BCUT2D eigenvalue weighted by molar-refractivity contribution is 9.10. The van der Waals surface area contributed by atoms with Crippen LogP contribution in [0.1, 0.15) is 16.1 Å². The Bertz CT molecular complexity index is 1080. The highest BCUT2D eigenvalue weighted by Gasteiger charge is 2.18. The highest BCUT2D eigenvalue weighted by Crippen LogP contribution is 2.14. The molecule has 0 unspecified atom stereocenters. The summed E-state index contributed by atoms with van der Waals surface area (Å²) in [6.45, 7) is 1.80. The minimum absolute atomic E-state index is 0.0333. The van der Waals surface area contributed by atoms with E-state index in [1.54, 1.807) is 30.9 Å². The SMILES string of the molecule is Cc1c(NC(=S)NC(=O)c2cncc(Br)c2)c(=O)n(-c2ccccc2)n1C. The molecule has 7 nitrogen and oxygen atoms in total. The van der Waals surface area contributed by atoms with Crippen molar-refractivity contribution in [2.75, 3.05) is 5.32 Å². The molecule has 0 saturated carbocycles. The molecule has 3 rings (SSSR count). The Kier molecular flexibility index (Phi) is 5.52. The number of nitrogens with zero attached hydrogens (tertiary/aromatic N) is 3. The van der Waals surface area contributed by atoms with Gasteiger partial charge in [0.05, 0.1) is 16.9 Å². The third-order valence-corrected chi connectivity index (χ3v) is 4.62. The second kappa shape index (κ2) is 7.85. The molecule has 2 N–H and O–H groups in total. The van der Waals surface area contributed by atoms with Crippen LogP contribution in [0.15, 0.2) is 58.1 Å². The fourth-order valence-electron chi connectivity index (χ4n) is 2.57. The molecule has 0 bridgehead atoms. The van der Waals surface area contributed by atoms with Crippen LogP contribution in [0, 0.1) is 6.92 Å². The van der Waals surface area contributed by atoms with Crippen LogP contribution in [0.3, 0.4) is 0 Å². The fraction of sp³-hybridized carbons (Fsp3) is 0.111. The summed E-state index contributed by atoms with van der Waals surface area (Å²) in [5.74, 6) is -0.418. The zero-order chi connectivity index (χ0) is 19.6. The molecule has 138 valence electrons. The van der Waals surface area contributed by atoms with Crippen LogP contribution in [0.2, 0.25) is 0 Å². The van der Waals surface area contributed by atoms with Gasteiger partial charge in [0.15, 0.2) is 5.11 Å². The topological polar surface area (TPSA) is 81.0 Å². The van der Waals surface area contributed by atoms with E-state index in [2.05, 4.69) is 31.5 Å². The maximum atomic E-state index is 12.8. The van der Waals surface area contributed by atoms with E-state index in [0.717, 1.165) is 5.69 Å². The van der Waals surface area contributed by atoms with Gasteiger partial charge in [0.25, 0.3) is 11.5 Å². The largest absolute Gasteiger partial charge is 0.326 e. The van der Waals surface area contributed by atoms with Crippen LogP contribution in [0.4, 0.5) is 5.69 Å². The van der Waals surface area contributed by atoms with Gasteiger partial charge in [-0.05, 0) is 53.3 Å². The first-order chi connectivity index (χ1) is 12.9. The maximum Gasteiger partial charge on any atom is 0.295 e. The second-order valence-corrected chi connectivity index (χ2v) is 7.06. The monoisotopic (exact) mass is 445 g/mol. The Hall–Kier alpha value is -2.78. The Morgan fingerprint density at radius 3 is 2.59 bits per heavy atom. The van der Waals surface area contributed by atoms with Crippen LogP contribution in [-0.2, 0) is 7.05 Å². The molecule has 27 heavy (non-hydrogen) atoms. The number of carbonyl (C=O) groups is 1. The molecule has 0 aliphatic rings. The minimum Gasteiger partial charge on any atom is -0.326 e. The lowest BCUT2D eigenvalue weighted by atomic mass is 10.3. The third kappa shape index (κ3) is 3.99. The Labute approximate surface area is 169 Å². The molecule has 0 fully saturated rings. The average molecular weight is 446 g/mol. The lowest BCUT2D eigenvalue weighted by Crippen LogP contribution is -2.35. The van der Waals surface area contributed by atoms with Crippen molar-refractivity contribution in [1.82, 2.24) is 19.7 Å². The lowest BCUT2D eigenvalue weighted by molar-refractivity contribution is 0.0977. The quantitative estimate of drug-likeness (QED) is 0.605. The summed E-state index contributed by atoms with van der Waals surface area (Å²) in [5, 5.41) is 5.43. The number of benzene rings is 1. The fourth-order valence-corrected chi connectivity index (χ4v) is 3.13. The molecule has 9 heteroatoms. The van der Waals surface area contributed by atoms with Crippen LogP contribution in [0.5, 0.6) is 0 Å². The number of hydrogen-bond donors (Lipinski definition) is 2. The number of aromatic nitrogens is 3. The van der Waals surface area contributed by atoms with Crippen molar-refractivity contribution in [1.29, 1.82) is 0 Å². The lowest BCUT2D eigenvalue weighted by Gasteiger charge is -2.08.